The van der Waals surface area contributed by atoms with Crippen molar-refractivity contribution in [2.24, 2.45) is 17.8 Å². The maximum Gasteiger partial charge on any atom is 0.0775 e. The molecule has 0 radical (unpaired) electrons. The lowest BCUT2D eigenvalue weighted by Crippen LogP contribution is -2.58. The van der Waals surface area contributed by atoms with Crippen LogP contribution in [0.3, 0.4) is 0 Å². The highest BCUT2D eigenvalue weighted by atomic mass is 32.1. The third kappa shape index (κ3) is 2.42. The molecule has 0 saturated heterocycles. The van der Waals surface area contributed by atoms with E-state index in [1.807, 2.05) is 0 Å². The normalized spacial score (nSPS) is 38.9. The molecule has 4 saturated carbocycles. The van der Waals surface area contributed by atoms with Crippen LogP contribution in [-0.4, -0.2) is 14.3 Å². The molecule has 1 aromatic rings. The molecule has 1 heterocycles. The number of rotatable bonds is 4. The molecule has 4 aliphatic carbocycles. The third-order valence-electron chi connectivity index (χ3n) is 5.93. The monoisotopic (exact) mass is 305 g/mol. The van der Waals surface area contributed by atoms with Crippen molar-refractivity contribution in [1.29, 1.82) is 0 Å². The summed E-state index contributed by atoms with van der Waals surface area (Å²) in [6, 6.07) is 4.76. The molecular formula is C17H27NSSi. The fraction of sp³-hybridized carbons (Fsp3) is 0.765. The molecule has 1 nitrogen and oxygen atoms in total. The maximum absolute atomic E-state index is 4.02. The summed E-state index contributed by atoms with van der Waals surface area (Å²) in [6.07, 6.45) is 9.04. The van der Waals surface area contributed by atoms with Gasteiger partial charge in [-0.05, 0) is 66.8 Å². The first kappa shape index (κ1) is 13.5. The van der Waals surface area contributed by atoms with E-state index in [0.717, 1.165) is 24.3 Å². The Morgan fingerprint density at radius 3 is 2.20 bits per heavy atom. The second-order valence-electron chi connectivity index (χ2n) is 8.01. The van der Waals surface area contributed by atoms with Gasteiger partial charge in [-0.1, -0.05) is 19.2 Å². The van der Waals surface area contributed by atoms with Gasteiger partial charge in [0, 0.05) is 17.0 Å². The van der Waals surface area contributed by atoms with Crippen molar-refractivity contribution in [2.45, 2.75) is 63.7 Å². The zero-order valence-corrected chi connectivity index (χ0v) is 14.8. The van der Waals surface area contributed by atoms with Crippen LogP contribution in [0.1, 0.15) is 43.4 Å². The van der Waals surface area contributed by atoms with Gasteiger partial charge in [0.25, 0.3) is 0 Å². The van der Waals surface area contributed by atoms with Crippen molar-refractivity contribution < 1.29 is 0 Å². The lowest BCUT2D eigenvalue weighted by atomic mass is 9.53. The first-order chi connectivity index (χ1) is 9.62. The van der Waals surface area contributed by atoms with Crippen LogP contribution in [0.5, 0.6) is 0 Å². The average Bonchev–Trinajstić information content (AvgIpc) is 2.84. The molecule has 0 aromatic carbocycles. The van der Waals surface area contributed by atoms with E-state index in [1.165, 1.54) is 19.3 Å². The van der Waals surface area contributed by atoms with Crippen LogP contribution in [0.4, 0.5) is 0 Å². The Bertz CT molecular complexity index is 458. The van der Waals surface area contributed by atoms with Crippen LogP contribution in [-0.2, 0) is 6.54 Å². The van der Waals surface area contributed by atoms with Crippen LogP contribution in [0.25, 0.3) is 0 Å². The van der Waals surface area contributed by atoms with Gasteiger partial charge in [-0.25, -0.2) is 0 Å². The van der Waals surface area contributed by atoms with Gasteiger partial charge < -0.3 is 5.32 Å². The van der Waals surface area contributed by atoms with Gasteiger partial charge in [-0.3, -0.25) is 0 Å². The van der Waals surface area contributed by atoms with Crippen LogP contribution in [0.15, 0.2) is 12.1 Å². The molecule has 0 atom stereocenters. The van der Waals surface area contributed by atoms with E-state index in [9.17, 15) is 0 Å². The average molecular weight is 306 g/mol. The minimum Gasteiger partial charge on any atom is -0.306 e. The SMILES string of the molecule is C[SiH](C)c1ccc(CNC23CC4CC(CC(C4)C2)C3)s1. The molecule has 4 bridgehead atoms. The Morgan fingerprint density at radius 1 is 1.10 bits per heavy atom. The lowest BCUT2D eigenvalue weighted by Gasteiger charge is -2.57. The summed E-state index contributed by atoms with van der Waals surface area (Å²) in [5.74, 6) is 3.15. The van der Waals surface area contributed by atoms with Gasteiger partial charge in [0.2, 0.25) is 0 Å². The minimum absolute atomic E-state index is 0.522. The number of thiophene rings is 1. The fourth-order valence-corrected chi connectivity index (χ4v) is 8.00. The summed E-state index contributed by atoms with van der Waals surface area (Å²) < 4.78 is 1.67. The Labute approximate surface area is 128 Å². The molecule has 4 aliphatic rings. The molecule has 0 unspecified atom stereocenters. The first-order valence-electron chi connectivity index (χ1n) is 8.45. The lowest BCUT2D eigenvalue weighted by molar-refractivity contribution is -0.0204. The van der Waals surface area contributed by atoms with E-state index in [-0.39, 0.29) is 0 Å². The van der Waals surface area contributed by atoms with Crippen LogP contribution >= 0.6 is 11.3 Å². The third-order valence-corrected chi connectivity index (χ3v) is 9.94. The Hall–Kier alpha value is -0.123. The highest BCUT2D eigenvalue weighted by Crippen LogP contribution is 2.55. The van der Waals surface area contributed by atoms with Crippen LogP contribution < -0.4 is 9.82 Å². The maximum atomic E-state index is 4.02. The quantitative estimate of drug-likeness (QED) is 0.840. The van der Waals surface area contributed by atoms with Gasteiger partial charge in [-0.2, -0.15) is 0 Å². The second-order valence-corrected chi connectivity index (χ2v) is 12.6. The summed E-state index contributed by atoms with van der Waals surface area (Å²) >= 11 is 2.07. The van der Waals surface area contributed by atoms with Crippen molar-refractivity contribution >= 4 is 24.6 Å². The second kappa shape index (κ2) is 4.96. The highest BCUT2D eigenvalue weighted by Gasteiger charge is 2.50. The van der Waals surface area contributed by atoms with Crippen LogP contribution in [0, 0.1) is 17.8 Å². The zero-order chi connectivity index (χ0) is 13.7. The van der Waals surface area contributed by atoms with E-state index >= 15 is 0 Å². The van der Waals surface area contributed by atoms with E-state index < -0.39 is 8.80 Å². The molecule has 0 spiro atoms. The van der Waals surface area contributed by atoms with Crippen molar-refractivity contribution in [3.05, 3.63) is 17.0 Å². The van der Waals surface area contributed by atoms with Gasteiger partial charge in [-0.15, -0.1) is 11.3 Å². The summed E-state index contributed by atoms with van der Waals surface area (Å²) in [5.41, 5.74) is 0.522. The summed E-state index contributed by atoms with van der Waals surface area (Å²) in [6.45, 7) is 5.99. The Morgan fingerprint density at radius 2 is 1.70 bits per heavy atom. The van der Waals surface area contributed by atoms with Crippen molar-refractivity contribution in [3.8, 4) is 0 Å². The van der Waals surface area contributed by atoms with E-state index in [4.69, 9.17) is 0 Å². The number of hydrogen-bond acceptors (Lipinski definition) is 2. The fourth-order valence-electron chi connectivity index (χ4n) is 5.40. The predicted octanol–water partition coefficient (Wildman–Crippen LogP) is 3.50. The molecular weight excluding hydrogens is 278 g/mol. The largest absolute Gasteiger partial charge is 0.306 e. The van der Waals surface area contributed by atoms with Gasteiger partial charge in [0.15, 0.2) is 0 Å². The number of nitrogens with one attached hydrogen (secondary N) is 1. The van der Waals surface area contributed by atoms with Crippen molar-refractivity contribution in [2.75, 3.05) is 0 Å². The molecule has 1 N–H and O–H groups in total. The molecule has 4 fully saturated rings. The minimum atomic E-state index is -0.603. The van der Waals surface area contributed by atoms with Crippen molar-refractivity contribution in [3.63, 3.8) is 0 Å². The highest BCUT2D eigenvalue weighted by molar-refractivity contribution is 7.23. The Balaban J connectivity index is 1.43. The molecule has 5 rings (SSSR count). The molecule has 0 aliphatic heterocycles. The Kier molecular flexibility index (Phi) is 3.36. The molecule has 3 heteroatoms. The van der Waals surface area contributed by atoms with Gasteiger partial charge >= 0.3 is 0 Å². The number of hydrogen-bond donors (Lipinski definition) is 1. The summed E-state index contributed by atoms with van der Waals surface area (Å²) in [7, 11) is -0.603. The van der Waals surface area contributed by atoms with Gasteiger partial charge in [0.1, 0.15) is 0 Å². The van der Waals surface area contributed by atoms with E-state index in [1.54, 1.807) is 28.6 Å². The first-order valence-corrected chi connectivity index (χ1v) is 12.2. The molecule has 1 aromatic heterocycles. The molecule has 0 amide bonds. The summed E-state index contributed by atoms with van der Waals surface area (Å²) in [4.78, 5) is 1.57. The topological polar surface area (TPSA) is 12.0 Å². The smallest absolute Gasteiger partial charge is 0.0775 e. The standard InChI is InChI=1S/C17H27NSSi/c1-20(2)16-4-3-15(19-16)11-18-17-8-12-5-13(9-17)7-14(6-12)10-17/h3-4,12-14,18,20H,5-11H2,1-2H3. The van der Waals surface area contributed by atoms with E-state index in [0.29, 0.717) is 5.54 Å². The van der Waals surface area contributed by atoms with Crippen LogP contribution in [0.2, 0.25) is 13.1 Å². The summed E-state index contributed by atoms with van der Waals surface area (Å²) in [5, 5.41) is 4.02. The van der Waals surface area contributed by atoms with Crippen molar-refractivity contribution in [1.82, 2.24) is 5.32 Å². The molecule has 110 valence electrons. The van der Waals surface area contributed by atoms with Gasteiger partial charge in [0.05, 0.1) is 8.80 Å². The molecule has 20 heavy (non-hydrogen) atoms. The van der Waals surface area contributed by atoms with E-state index in [2.05, 4.69) is 41.9 Å². The zero-order valence-electron chi connectivity index (χ0n) is 12.8. The predicted molar refractivity (Wildman–Crippen MR) is 90.6 cm³/mol.